The van der Waals surface area contributed by atoms with E-state index in [-0.39, 0.29) is 5.91 Å². The lowest BCUT2D eigenvalue weighted by molar-refractivity contribution is -0.120. The van der Waals surface area contributed by atoms with Gasteiger partial charge in [-0.2, -0.15) is 0 Å². The number of anilines is 2. The number of carbonyl (C=O) groups excluding carboxylic acids is 1. The highest BCUT2D eigenvalue weighted by molar-refractivity contribution is 5.76. The van der Waals surface area contributed by atoms with Crippen molar-refractivity contribution < 1.29 is 4.79 Å². The van der Waals surface area contributed by atoms with E-state index in [2.05, 4.69) is 64.1 Å². The number of nitrogens with zero attached hydrogens (tertiary/aromatic N) is 1. The molecule has 0 aromatic heterocycles. The molecule has 0 bridgehead atoms. The van der Waals surface area contributed by atoms with Crippen molar-refractivity contribution in [3.63, 3.8) is 0 Å². The topological polar surface area (TPSA) is 44.4 Å². The highest BCUT2D eigenvalue weighted by atomic mass is 16.1. The number of hydrogen-bond acceptors (Lipinski definition) is 3. The number of aryl methyl sites for hydroxylation is 1. The van der Waals surface area contributed by atoms with Gasteiger partial charge in [0.25, 0.3) is 0 Å². The first-order chi connectivity index (χ1) is 12.8. The van der Waals surface area contributed by atoms with E-state index in [1.54, 1.807) is 0 Å². The van der Waals surface area contributed by atoms with Crippen LogP contribution in [0.1, 0.15) is 31.2 Å². The van der Waals surface area contributed by atoms with Crippen molar-refractivity contribution in [2.24, 2.45) is 0 Å². The molecule has 1 amide bonds. The molecule has 1 aliphatic rings. The molecule has 1 fully saturated rings. The predicted molar refractivity (Wildman–Crippen MR) is 109 cm³/mol. The van der Waals surface area contributed by atoms with Gasteiger partial charge in [-0.25, -0.2) is 0 Å². The van der Waals surface area contributed by atoms with Gasteiger partial charge in [0.15, 0.2) is 0 Å². The largest absolute Gasteiger partial charge is 0.385 e. The van der Waals surface area contributed by atoms with Crippen LogP contribution in [0.25, 0.3) is 0 Å². The lowest BCUT2D eigenvalue weighted by atomic mass is 10.1. The summed E-state index contributed by atoms with van der Waals surface area (Å²) in [5.41, 5.74) is 3.69. The number of rotatable bonds is 9. The first-order valence-electron chi connectivity index (χ1n) is 9.71. The second kappa shape index (κ2) is 9.85. The van der Waals surface area contributed by atoms with E-state index < -0.39 is 0 Å². The Morgan fingerprint density at radius 1 is 0.923 bits per heavy atom. The van der Waals surface area contributed by atoms with Crippen LogP contribution in [0.4, 0.5) is 11.4 Å². The van der Waals surface area contributed by atoms with Gasteiger partial charge in [-0.3, -0.25) is 4.79 Å². The molecule has 0 unspecified atom stereocenters. The van der Waals surface area contributed by atoms with Gasteiger partial charge in [-0.15, -0.1) is 0 Å². The molecule has 4 nitrogen and oxygen atoms in total. The third-order valence-electron chi connectivity index (χ3n) is 4.83. The summed E-state index contributed by atoms with van der Waals surface area (Å²) in [7, 11) is 0. The van der Waals surface area contributed by atoms with Crippen molar-refractivity contribution in [3.8, 4) is 0 Å². The van der Waals surface area contributed by atoms with Crippen molar-refractivity contribution in [2.45, 2.75) is 32.1 Å². The molecule has 0 spiro atoms. The molecule has 0 radical (unpaired) electrons. The van der Waals surface area contributed by atoms with E-state index in [4.69, 9.17) is 0 Å². The minimum Gasteiger partial charge on any atom is -0.385 e. The fourth-order valence-electron chi connectivity index (χ4n) is 3.34. The summed E-state index contributed by atoms with van der Waals surface area (Å²) in [6.45, 7) is 3.72. The Hall–Kier alpha value is -2.49. The van der Waals surface area contributed by atoms with Crippen LogP contribution >= 0.6 is 0 Å². The Morgan fingerprint density at radius 3 is 2.38 bits per heavy atom. The Balaban J connectivity index is 1.28. The zero-order chi connectivity index (χ0) is 18.0. The highest BCUT2D eigenvalue weighted by Gasteiger charge is 2.11. The van der Waals surface area contributed by atoms with E-state index >= 15 is 0 Å². The molecular weight excluding hydrogens is 322 g/mol. The van der Waals surface area contributed by atoms with Gasteiger partial charge in [-0.1, -0.05) is 30.3 Å². The molecule has 1 heterocycles. The van der Waals surface area contributed by atoms with Crippen LogP contribution in [0.3, 0.4) is 0 Å². The molecule has 26 heavy (non-hydrogen) atoms. The highest BCUT2D eigenvalue weighted by Crippen LogP contribution is 2.21. The number of hydrogen-bond donors (Lipinski definition) is 2. The maximum Gasteiger partial charge on any atom is 0.221 e. The van der Waals surface area contributed by atoms with E-state index in [1.807, 2.05) is 6.07 Å². The summed E-state index contributed by atoms with van der Waals surface area (Å²) in [6.07, 6.45) is 5.06. The van der Waals surface area contributed by atoms with Crippen LogP contribution in [0.2, 0.25) is 0 Å². The summed E-state index contributed by atoms with van der Waals surface area (Å²) in [6, 6.07) is 18.9. The Morgan fingerprint density at radius 2 is 1.65 bits per heavy atom. The third kappa shape index (κ3) is 5.80. The maximum absolute atomic E-state index is 11.9. The second-order valence-corrected chi connectivity index (χ2v) is 6.86. The number of amides is 1. The molecular formula is C22H29N3O. The van der Waals surface area contributed by atoms with E-state index in [9.17, 15) is 4.79 Å². The van der Waals surface area contributed by atoms with Crippen LogP contribution in [-0.4, -0.2) is 32.1 Å². The summed E-state index contributed by atoms with van der Waals surface area (Å²) in [4.78, 5) is 14.3. The zero-order valence-corrected chi connectivity index (χ0v) is 15.4. The molecule has 0 atom stereocenters. The third-order valence-corrected chi connectivity index (χ3v) is 4.83. The normalized spacial score (nSPS) is 13.6. The van der Waals surface area contributed by atoms with Crippen molar-refractivity contribution in [2.75, 3.05) is 36.4 Å². The molecule has 4 heteroatoms. The Bertz CT molecular complexity index is 664. The van der Waals surface area contributed by atoms with E-state index in [1.165, 1.54) is 24.1 Å². The molecule has 1 saturated heterocycles. The second-order valence-electron chi connectivity index (χ2n) is 6.86. The van der Waals surface area contributed by atoms with Gasteiger partial charge in [0.1, 0.15) is 0 Å². The zero-order valence-electron chi connectivity index (χ0n) is 15.4. The van der Waals surface area contributed by atoms with Crippen LogP contribution < -0.4 is 15.5 Å². The first-order valence-corrected chi connectivity index (χ1v) is 9.71. The Kier molecular flexibility index (Phi) is 6.94. The first kappa shape index (κ1) is 18.3. The molecule has 1 aliphatic heterocycles. The van der Waals surface area contributed by atoms with Crippen LogP contribution in [0.15, 0.2) is 54.6 Å². The van der Waals surface area contributed by atoms with Crippen molar-refractivity contribution in [3.05, 3.63) is 60.2 Å². The minimum atomic E-state index is 0.110. The molecule has 138 valence electrons. The molecule has 2 aromatic rings. The number of carbonyl (C=O) groups is 1. The molecule has 2 aromatic carbocycles. The monoisotopic (exact) mass is 351 g/mol. The van der Waals surface area contributed by atoms with E-state index in [0.717, 1.165) is 38.2 Å². The average molecular weight is 351 g/mol. The van der Waals surface area contributed by atoms with Crippen molar-refractivity contribution in [1.82, 2.24) is 5.32 Å². The molecule has 0 saturated carbocycles. The van der Waals surface area contributed by atoms with Gasteiger partial charge < -0.3 is 15.5 Å². The standard InChI is InChI=1S/C22H29N3O/c26-22(24-15-6-9-19-7-2-1-3-8-19)14-16-23-20-10-12-21(13-11-20)25-17-4-5-18-25/h1-3,7-8,10-13,23H,4-6,9,14-18H2,(H,24,26). The number of nitrogens with one attached hydrogen (secondary N) is 2. The van der Waals surface area contributed by atoms with E-state index in [0.29, 0.717) is 13.0 Å². The molecule has 2 N–H and O–H groups in total. The smallest absolute Gasteiger partial charge is 0.221 e. The summed E-state index contributed by atoms with van der Waals surface area (Å²) < 4.78 is 0. The van der Waals surface area contributed by atoms with Gasteiger partial charge >= 0.3 is 0 Å². The summed E-state index contributed by atoms with van der Waals surface area (Å²) >= 11 is 0. The van der Waals surface area contributed by atoms with Crippen molar-refractivity contribution >= 4 is 17.3 Å². The lowest BCUT2D eigenvalue weighted by Crippen LogP contribution is -2.26. The Labute approximate surface area is 156 Å². The van der Waals surface area contributed by atoms with Crippen LogP contribution in [0, 0.1) is 0 Å². The summed E-state index contributed by atoms with van der Waals surface area (Å²) in [5, 5.41) is 6.33. The van der Waals surface area contributed by atoms with Gasteiger partial charge in [0, 0.05) is 44.0 Å². The van der Waals surface area contributed by atoms with Crippen molar-refractivity contribution in [1.29, 1.82) is 0 Å². The van der Waals surface area contributed by atoms with Gasteiger partial charge in [0.2, 0.25) is 5.91 Å². The van der Waals surface area contributed by atoms with Crippen LogP contribution in [0.5, 0.6) is 0 Å². The minimum absolute atomic E-state index is 0.110. The van der Waals surface area contributed by atoms with Gasteiger partial charge in [0.05, 0.1) is 0 Å². The van der Waals surface area contributed by atoms with Crippen LogP contribution in [-0.2, 0) is 11.2 Å². The number of benzene rings is 2. The molecule has 3 rings (SSSR count). The summed E-state index contributed by atoms with van der Waals surface area (Å²) in [5.74, 6) is 0.110. The quantitative estimate of drug-likeness (QED) is 0.675. The predicted octanol–water partition coefficient (Wildman–Crippen LogP) is 3.84. The SMILES string of the molecule is O=C(CCNc1ccc(N2CCCC2)cc1)NCCCc1ccccc1. The maximum atomic E-state index is 11.9. The van der Waals surface area contributed by atoms with Gasteiger partial charge in [-0.05, 0) is 55.5 Å². The fourth-order valence-corrected chi connectivity index (χ4v) is 3.34. The fraction of sp³-hybridized carbons (Fsp3) is 0.409. The lowest BCUT2D eigenvalue weighted by Gasteiger charge is -2.18. The average Bonchev–Trinajstić information content (AvgIpc) is 3.21. The molecule has 0 aliphatic carbocycles.